The lowest BCUT2D eigenvalue weighted by Crippen LogP contribution is -2.34. The number of aliphatic hydroxyl groups is 1. The Labute approximate surface area is 459 Å². The van der Waals surface area contributed by atoms with Gasteiger partial charge >= 0.3 is 42.3 Å². The Morgan fingerprint density at radius 3 is 1.61 bits per heavy atom. The Bertz CT molecular complexity index is 3880. The van der Waals surface area contributed by atoms with Crippen molar-refractivity contribution < 1.29 is 62.7 Å². The van der Waals surface area contributed by atoms with Crippen molar-refractivity contribution in [1.82, 2.24) is 0 Å². The van der Waals surface area contributed by atoms with Gasteiger partial charge in [0.15, 0.2) is 0 Å². The molecular weight excluding hydrogens is 1060 g/mol. The Kier molecular flexibility index (Phi) is 14.6. The minimum Gasteiger partial charge on any atom is -0.481 e. The number of hydrogen-bond donors (Lipinski definition) is 3. The van der Waals surface area contributed by atoms with Crippen LogP contribution in [0.25, 0.3) is 12.2 Å². The first-order valence-electron chi connectivity index (χ1n) is 25.6. The maximum absolute atomic E-state index is 14.0. The first-order valence-corrected chi connectivity index (χ1v) is 29.8. The molecule has 0 aliphatic heterocycles. The first kappa shape index (κ1) is 54.5. The SMILES string of the molecule is CC(C)(c1ccc(OS(=O)(=O)c2cccc3c2C=CC(C(=O)O)C3)cc1)c1ccc(C(C)(c2ccc(OS(=O)(=O)C3=CC=CC4C=CCC(CO)[C@H]34)cc2)c2ccc(OS(=O)(=O)c3cccc4c3C=CCC4C(=O)O)cc2)cc1. The van der Waals surface area contributed by atoms with Gasteiger partial charge in [-0.2, -0.15) is 25.3 Å². The summed E-state index contributed by atoms with van der Waals surface area (Å²) < 4.78 is 100. The van der Waals surface area contributed by atoms with Crippen molar-refractivity contribution >= 4 is 54.4 Å². The van der Waals surface area contributed by atoms with Gasteiger partial charge in [0.1, 0.15) is 27.0 Å². The highest BCUT2D eigenvalue weighted by Crippen LogP contribution is 2.45. The van der Waals surface area contributed by atoms with Crippen LogP contribution >= 0.6 is 0 Å². The fourth-order valence-electron chi connectivity index (χ4n) is 11.3. The number of aliphatic hydroxyl groups excluding tert-OH is 1. The Morgan fingerprint density at radius 2 is 1.06 bits per heavy atom. The molecule has 0 heterocycles. The largest absolute Gasteiger partial charge is 0.481 e. The molecule has 79 heavy (non-hydrogen) atoms. The molecule has 0 saturated heterocycles. The van der Waals surface area contributed by atoms with Gasteiger partial charge in [-0.15, -0.1) is 0 Å². The lowest BCUT2D eigenvalue weighted by Gasteiger charge is -2.35. The molecule has 6 aromatic carbocycles. The minimum absolute atomic E-state index is 0.0103. The van der Waals surface area contributed by atoms with Crippen LogP contribution in [0.3, 0.4) is 0 Å². The van der Waals surface area contributed by atoms with Crippen LogP contribution in [0, 0.1) is 23.7 Å². The summed E-state index contributed by atoms with van der Waals surface area (Å²) in [5, 5.41) is 29.5. The molecule has 4 aliphatic carbocycles. The highest BCUT2D eigenvalue weighted by atomic mass is 32.2. The fourth-order valence-corrected chi connectivity index (χ4v) is 15.0. The number of carboxylic acid groups (broad SMARTS) is 2. The van der Waals surface area contributed by atoms with Crippen LogP contribution < -0.4 is 12.5 Å². The van der Waals surface area contributed by atoms with Gasteiger partial charge in [0, 0.05) is 34.8 Å². The molecular formula is C62H56O14S3. The average Bonchev–Trinajstić information content (AvgIpc) is 3.45. The summed E-state index contributed by atoms with van der Waals surface area (Å²) in [6.07, 6.45) is 16.2. The summed E-state index contributed by atoms with van der Waals surface area (Å²) in [6, 6.07) is 37.1. The summed E-state index contributed by atoms with van der Waals surface area (Å²) in [4.78, 5) is 23.5. The first-order chi connectivity index (χ1) is 37.6. The number of rotatable bonds is 17. The normalized spacial score (nSPS) is 20.4. The maximum atomic E-state index is 14.0. The average molecular weight is 1120 g/mol. The second-order valence-electron chi connectivity index (χ2n) is 20.8. The molecule has 17 heteroatoms. The van der Waals surface area contributed by atoms with Crippen LogP contribution in [0.1, 0.15) is 89.6 Å². The zero-order valence-electron chi connectivity index (χ0n) is 43.2. The number of hydrogen-bond acceptors (Lipinski definition) is 12. The third kappa shape index (κ3) is 10.5. The quantitative estimate of drug-likeness (QED) is 0.0439. The summed E-state index contributed by atoms with van der Waals surface area (Å²) in [6.45, 7) is 5.86. The topological polar surface area (TPSA) is 225 Å². The van der Waals surface area contributed by atoms with Gasteiger partial charge < -0.3 is 27.9 Å². The molecule has 406 valence electrons. The third-order valence-corrected chi connectivity index (χ3v) is 19.8. The zero-order valence-corrected chi connectivity index (χ0v) is 45.6. The van der Waals surface area contributed by atoms with Crippen molar-refractivity contribution in [3.05, 3.63) is 231 Å². The standard InChI is InChI=1S/C62H56O14S3/c1-61(2,44-24-30-48(31-25-44)74-77(68,69)55-16-6-11-40-37-41(59(64)65)19-36-51(40)55)43-20-22-45(23-21-43)62(3,47-28-34-50(35-29-47)76-79(72,73)57-18-5-10-39-9-4-12-42(38-63)58(39)57)46-26-32-49(33-27-46)75-78(70,71)56-17-8-13-52-53(56)14-7-15-54(52)60(66)67/h4-11,13-14,16-36,39,41-42,54,58,63H,12,15,37-38H2,1-3H3,(H,64,65)(H,66,67)/t39?,41?,42?,54?,58-,62?/m1/s1. The van der Waals surface area contributed by atoms with Crippen molar-refractivity contribution in [3.63, 3.8) is 0 Å². The van der Waals surface area contributed by atoms with Crippen LogP contribution in [-0.2, 0) is 57.2 Å². The minimum atomic E-state index is -4.45. The van der Waals surface area contributed by atoms with Crippen LogP contribution in [0.4, 0.5) is 0 Å². The van der Waals surface area contributed by atoms with E-state index >= 15 is 0 Å². The number of carbonyl (C=O) groups is 2. The molecule has 3 N–H and O–H groups in total. The Balaban J connectivity index is 0.937. The number of fused-ring (bicyclic) bond motifs is 3. The maximum Gasteiger partial charge on any atom is 0.339 e. The van der Waals surface area contributed by atoms with E-state index in [-0.39, 0.29) is 68.8 Å². The second-order valence-corrected chi connectivity index (χ2v) is 25.4. The van der Waals surface area contributed by atoms with E-state index < -0.39 is 70.9 Å². The smallest absolute Gasteiger partial charge is 0.339 e. The molecule has 0 aromatic heterocycles. The van der Waals surface area contributed by atoms with Crippen molar-refractivity contribution in [3.8, 4) is 17.2 Å². The molecule has 4 aliphatic rings. The molecule has 0 fully saturated rings. The summed E-state index contributed by atoms with van der Waals surface area (Å²) in [5.74, 6) is -4.55. The predicted octanol–water partition coefficient (Wildman–Crippen LogP) is 10.7. The van der Waals surface area contributed by atoms with E-state index in [1.807, 2.05) is 63.3 Å². The molecule has 0 saturated carbocycles. The van der Waals surface area contributed by atoms with Gasteiger partial charge in [0.2, 0.25) is 0 Å². The highest BCUT2D eigenvalue weighted by molar-refractivity contribution is 7.91. The fraction of sp³-hybridized carbons (Fsp3) is 0.226. The van der Waals surface area contributed by atoms with E-state index in [0.29, 0.717) is 28.7 Å². The van der Waals surface area contributed by atoms with E-state index in [1.54, 1.807) is 97.1 Å². The van der Waals surface area contributed by atoms with Crippen molar-refractivity contribution in [1.29, 1.82) is 0 Å². The molecule has 0 amide bonds. The third-order valence-electron chi connectivity index (χ3n) is 15.8. The van der Waals surface area contributed by atoms with E-state index in [4.69, 9.17) is 12.5 Å². The monoisotopic (exact) mass is 1120 g/mol. The molecule has 14 nitrogen and oxygen atoms in total. The lowest BCUT2D eigenvalue weighted by molar-refractivity contribution is -0.140. The van der Waals surface area contributed by atoms with Crippen molar-refractivity contribution in [2.75, 3.05) is 6.61 Å². The van der Waals surface area contributed by atoms with Gasteiger partial charge in [-0.1, -0.05) is 147 Å². The summed E-state index contributed by atoms with van der Waals surface area (Å²) >= 11 is 0. The highest BCUT2D eigenvalue weighted by Gasteiger charge is 2.40. The number of aliphatic carboxylic acids is 2. The molecule has 6 aromatic rings. The predicted molar refractivity (Wildman–Crippen MR) is 298 cm³/mol. The van der Waals surface area contributed by atoms with Gasteiger partial charge in [0.05, 0.1) is 16.7 Å². The summed E-state index contributed by atoms with van der Waals surface area (Å²) in [7, 11) is -13.1. The zero-order chi connectivity index (χ0) is 56.1. The molecule has 0 spiro atoms. The molecule has 5 unspecified atom stereocenters. The van der Waals surface area contributed by atoms with Gasteiger partial charge in [-0.3, -0.25) is 9.59 Å². The van der Waals surface area contributed by atoms with Crippen LogP contribution in [0.2, 0.25) is 0 Å². The van der Waals surface area contributed by atoms with Crippen LogP contribution in [-0.4, -0.2) is 59.1 Å². The molecule has 0 radical (unpaired) electrons. The van der Waals surface area contributed by atoms with E-state index in [0.717, 1.165) is 22.3 Å². The van der Waals surface area contributed by atoms with Crippen LogP contribution in [0.5, 0.6) is 17.2 Å². The van der Waals surface area contributed by atoms with Crippen molar-refractivity contribution in [2.45, 2.75) is 66.6 Å². The second kappa shape index (κ2) is 21.1. The Morgan fingerprint density at radius 1 is 0.557 bits per heavy atom. The van der Waals surface area contributed by atoms with E-state index in [2.05, 4.69) is 0 Å². The van der Waals surface area contributed by atoms with Crippen LogP contribution in [0.15, 0.2) is 191 Å². The molecule has 0 bridgehead atoms. The summed E-state index contributed by atoms with van der Waals surface area (Å²) in [5.41, 5.74) is 4.01. The molecule has 10 rings (SSSR count). The molecule has 6 atom stereocenters. The van der Waals surface area contributed by atoms with Gasteiger partial charge in [-0.05, 0) is 131 Å². The van der Waals surface area contributed by atoms with Gasteiger partial charge in [0.25, 0.3) is 0 Å². The lowest BCUT2D eigenvalue weighted by atomic mass is 9.70. The number of allylic oxidation sites excluding steroid dienone is 7. The van der Waals surface area contributed by atoms with Gasteiger partial charge in [-0.25, -0.2) is 0 Å². The Hall–Kier alpha value is -7.83. The van der Waals surface area contributed by atoms with E-state index in [9.17, 15) is 50.2 Å². The van der Waals surface area contributed by atoms with E-state index in [1.165, 1.54) is 48.6 Å². The number of carboxylic acids is 2. The van der Waals surface area contributed by atoms with Crippen molar-refractivity contribution in [2.24, 2.45) is 23.7 Å². The number of benzene rings is 6.